The zero-order chi connectivity index (χ0) is 13.0. The van der Waals surface area contributed by atoms with E-state index in [2.05, 4.69) is 34.4 Å². The summed E-state index contributed by atoms with van der Waals surface area (Å²) in [5, 5.41) is 0. The van der Waals surface area contributed by atoms with E-state index in [1.807, 2.05) is 0 Å². The first-order chi connectivity index (χ1) is 8.77. The third-order valence-corrected chi connectivity index (χ3v) is 3.52. The quantitative estimate of drug-likeness (QED) is 0.867. The Morgan fingerprint density at radius 1 is 1.33 bits per heavy atom. The Bertz CT molecular complexity index is 423. The van der Waals surface area contributed by atoms with Crippen molar-refractivity contribution in [1.29, 1.82) is 0 Å². The highest BCUT2D eigenvalue weighted by Crippen LogP contribution is 2.42. The maximum atomic E-state index is 5.85. The number of ether oxygens (including phenoxy) is 2. The fourth-order valence-corrected chi connectivity index (χ4v) is 2.66. The standard InChI is InChI=1S/C13H18BrNO3/c1-3-10-9(8-15-16-2)7-11(14)13-12(10)17-5-4-6-18-13/h7,15H,3-6,8H2,1-2H3. The van der Waals surface area contributed by atoms with Gasteiger partial charge < -0.3 is 14.3 Å². The van der Waals surface area contributed by atoms with Crippen LogP contribution < -0.4 is 15.0 Å². The number of benzene rings is 1. The van der Waals surface area contributed by atoms with E-state index in [0.717, 1.165) is 34.4 Å². The van der Waals surface area contributed by atoms with Crippen molar-refractivity contribution in [2.24, 2.45) is 0 Å². The Hall–Kier alpha value is -0.780. The molecule has 18 heavy (non-hydrogen) atoms. The second kappa shape index (κ2) is 6.41. The molecule has 1 N–H and O–H groups in total. The van der Waals surface area contributed by atoms with Gasteiger partial charge in [0, 0.05) is 18.5 Å². The first-order valence-electron chi connectivity index (χ1n) is 6.13. The molecule has 0 radical (unpaired) electrons. The van der Waals surface area contributed by atoms with Crippen LogP contribution in [0.25, 0.3) is 0 Å². The SMILES string of the molecule is CCc1c(CNOC)cc(Br)c2c1OCCCO2. The van der Waals surface area contributed by atoms with E-state index in [1.165, 1.54) is 5.56 Å². The fraction of sp³-hybridized carbons (Fsp3) is 0.538. The number of nitrogens with one attached hydrogen (secondary N) is 1. The molecule has 0 spiro atoms. The van der Waals surface area contributed by atoms with Crippen LogP contribution in [0.5, 0.6) is 11.5 Å². The average molecular weight is 316 g/mol. The van der Waals surface area contributed by atoms with E-state index in [9.17, 15) is 0 Å². The zero-order valence-corrected chi connectivity index (χ0v) is 12.3. The maximum Gasteiger partial charge on any atom is 0.175 e. The van der Waals surface area contributed by atoms with Gasteiger partial charge in [-0.1, -0.05) is 6.92 Å². The van der Waals surface area contributed by atoms with Crippen LogP contribution in [0.2, 0.25) is 0 Å². The molecule has 2 rings (SSSR count). The third kappa shape index (κ3) is 2.79. The highest BCUT2D eigenvalue weighted by Gasteiger charge is 2.20. The number of halogens is 1. The van der Waals surface area contributed by atoms with E-state index in [4.69, 9.17) is 14.3 Å². The van der Waals surface area contributed by atoms with Gasteiger partial charge in [0.2, 0.25) is 0 Å². The number of fused-ring (bicyclic) bond motifs is 1. The first-order valence-corrected chi connectivity index (χ1v) is 6.93. The summed E-state index contributed by atoms with van der Waals surface area (Å²) in [5.41, 5.74) is 5.21. The number of hydroxylamine groups is 1. The zero-order valence-electron chi connectivity index (χ0n) is 10.7. The Morgan fingerprint density at radius 3 is 2.72 bits per heavy atom. The smallest absolute Gasteiger partial charge is 0.175 e. The molecule has 100 valence electrons. The molecule has 0 saturated carbocycles. The molecule has 1 aliphatic rings. The summed E-state index contributed by atoms with van der Waals surface area (Å²) in [6.45, 7) is 4.17. The van der Waals surface area contributed by atoms with Crippen LogP contribution in [0.3, 0.4) is 0 Å². The van der Waals surface area contributed by atoms with E-state index in [0.29, 0.717) is 19.8 Å². The van der Waals surface area contributed by atoms with Crippen LogP contribution in [0.1, 0.15) is 24.5 Å². The predicted molar refractivity (Wildman–Crippen MR) is 73.0 cm³/mol. The molecule has 1 aliphatic heterocycles. The van der Waals surface area contributed by atoms with Crippen molar-refractivity contribution >= 4 is 15.9 Å². The maximum absolute atomic E-state index is 5.85. The van der Waals surface area contributed by atoms with Gasteiger partial charge in [-0.3, -0.25) is 0 Å². The minimum Gasteiger partial charge on any atom is -0.489 e. The van der Waals surface area contributed by atoms with Crippen LogP contribution in [-0.2, 0) is 17.8 Å². The normalized spacial score (nSPS) is 14.4. The molecule has 0 fully saturated rings. The van der Waals surface area contributed by atoms with Crippen LogP contribution in [0.15, 0.2) is 10.5 Å². The Balaban J connectivity index is 2.43. The van der Waals surface area contributed by atoms with Gasteiger partial charge in [0.25, 0.3) is 0 Å². The van der Waals surface area contributed by atoms with Crippen molar-refractivity contribution < 1.29 is 14.3 Å². The molecule has 1 aromatic carbocycles. The molecule has 0 aliphatic carbocycles. The fourth-order valence-electron chi connectivity index (χ4n) is 2.09. The van der Waals surface area contributed by atoms with Gasteiger partial charge in [0.15, 0.2) is 11.5 Å². The summed E-state index contributed by atoms with van der Waals surface area (Å²) in [6.07, 6.45) is 1.82. The molecule has 4 nitrogen and oxygen atoms in total. The van der Waals surface area contributed by atoms with Crippen LogP contribution in [-0.4, -0.2) is 20.3 Å². The lowest BCUT2D eigenvalue weighted by Gasteiger charge is -2.17. The first kappa shape index (κ1) is 13.6. The molecule has 0 saturated heterocycles. The van der Waals surface area contributed by atoms with Crippen LogP contribution >= 0.6 is 15.9 Å². The van der Waals surface area contributed by atoms with Crippen molar-refractivity contribution in [3.8, 4) is 11.5 Å². The predicted octanol–water partition coefficient (Wildman–Crippen LogP) is 2.82. The van der Waals surface area contributed by atoms with Crippen molar-refractivity contribution in [3.63, 3.8) is 0 Å². The van der Waals surface area contributed by atoms with Crippen molar-refractivity contribution in [1.82, 2.24) is 5.48 Å². The second-order valence-electron chi connectivity index (χ2n) is 4.08. The van der Waals surface area contributed by atoms with Crippen molar-refractivity contribution in [2.75, 3.05) is 20.3 Å². The number of rotatable bonds is 4. The minimum absolute atomic E-state index is 0.648. The molecular weight excluding hydrogens is 298 g/mol. The summed E-state index contributed by atoms with van der Waals surface area (Å²) in [6, 6.07) is 2.07. The molecule has 0 unspecified atom stereocenters. The third-order valence-electron chi connectivity index (χ3n) is 2.93. The summed E-state index contributed by atoms with van der Waals surface area (Å²) in [5.74, 6) is 1.70. The van der Waals surface area contributed by atoms with Gasteiger partial charge in [0.1, 0.15) is 0 Å². The highest BCUT2D eigenvalue weighted by molar-refractivity contribution is 9.10. The van der Waals surface area contributed by atoms with Crippen molar-refractivity contribution in [3.05, 3.63) is 21.7 Å². The summed E-state index contributed by atoms with van der Waals surface area (Å²) < 4.78 is 12.5. The number of hydrogen-bond donors (Lipinski definition) is 1. The van der Waals surface area contributed by atoms with E-state index >= 15 is 0 Å². The Morgan fingerprint density at radius 2 is 2.06 bits per heavy atom. The molecule has 0 aromatic heterocycles. The van der Waals surface area contributed by atoms with E-state index in [1.54, 1.807) is 7.11 Å². The van der Waals surface area contributed by atoms with Crippen LogP contribution in [0, 0.1) is 0 Å². The molecule has 1 aromatic rings. The van der Waals surface area contributed by atoms with Gasteiger partial charge in [-0.2, -0.15) is 5.48 Å². The molecule has 1 heterocycles. The molecule has 0 bridgehead atoms. The van der Waals surface area contributed by atoms with Crippen molar-refractivity contribution in [2.45, 2.75) is 26.3 Å². The number of hydrogen-bond acceptors (Lipinski definition) is 4. The summed E-state index contributed by atoms with van der Waals surface area (Å²) >= 11 is 3.55. The summed E-state index contributed by atoms with van der Waals surface area (Å²) in [7, 11) is 1.61. The lowest BCUT2D eigenvalue weighted by molar-refractivity contribution is 0.0864. The molecule has 5 heteroatoms. The van der Waals surface area contributed by atoms with Gasteiger partial charge in [0.05, 0.1) is 24.8 Å². The monoisotopic (exact) mass is 315 g/mol. The molecular formula is C13H18BrNO3. The second-order valence-corrected chi connectivity index (χ2v) is 4.94. The lowest BCUT2D eigenvalue weighted by atomic mass is 10.0. The molecule has 0 atom stereocenters. The van der Waals surface area contributed by atoms with Crippen LogP contribution in [0.4, 0.5) is 0 Å². The average Bonchev–Trinajstić information content (AvgIpc) is 2.62. The van der Waals surface area contributed by atoms with E-state index < -0.39 is 0 Å². The van der Waals surface area contributed by atoms with Gasteiger partial charge in [-0.05, 0) is 34.0 Å². The summed E-state index contributed by atoms with van der Waals surface area (Å²) in [4.78, 5) is 4.92. The van der Waals surface area contributed by atoms with E-state index in [-0.39, 0.29) is 0 Å². The molecule has 0 amide bonds. The Kier molecular flexibility index (Phi) is 4.86. The topological polar surface area (TPSA) is 39.7 Å². The van der Waals surface area contributed by atoms with Gasteiger partial charge in [-0.25, -0.2) is 0 Å². The highest BCUT2D eigenvalue weighted by atomic mass is 79.9. The van der Waals surface area contributed by atoms with Gasteiger partial charge in [-0.15, -0.1) is 0 Å². The lowest BCUT2D eigenvalue weighted by Crippen LogP contribution is -2.13. The largest absolute Gasteiger partial charge is 0.489 e. The minimum atomic E-state index is 0.648. The Labute approximate surface area is 116 Å². The van der Waals surface area contributed by atoms with Gasteiger partial charge >= 0.3 is 0 Å².